The summed E-state index contributed by atoms with van der Waals surface area (Å²) in [6.45, 7) is 0. The van der Waals surface area contributed by atoms with Crippen LogP contribution in [0.25, 0.3) is 0 Å². The van der Waals surface area contributed by atoms with Gasteiger partial charge in [-0.25, -0.2) is 0 Å². The molecule has 0 saturated heterocycles. The van der Waals surface area contributed by atoms with E-state index in [2.05, 4.69) is 0 Å². The Morgan fingerprint density at radius 2 is 0.800 bits per heavy atom. The zero-order chi connectivity index (χ0) is 7.15. The monoisotopic (exact) mass is 248 g/mol. The molecule has 0 spiro atoms. The Morgan fingerprint density at radius 3 is 0.800 bits per heavy atom. The molecule has 0 aliphatic carbocycles. The van der Waals surface area contributed by atoms with Crippen molar-refractivity contribution in [3.05, 3.63) is 0 Å². The molecule has 0 amide bonds. The third kappa shape index (κ3) is 643. The molecule has 0 aliphatic rings. The Bertz CT molecular complexity index is 73.7. The van der Waals surface area contributed by atoms with Crippen molar-refractivity contribution in [1.29, 1.82) is 0 Å². The molecule has 0 unspecified atom stereocenters. The summed E-state index contributed by atoms with van der Waals surface area (Å²) in [5.41, 5.74) is 0. The van der Waals surface area contributed by atoms with E-state index in [9.17, 15) is 0 Å². The quantitative estimate of drug-likeness (QED) is 0.392. The van der Waals surface area contributed by atoms with Crippen LogP contribution in [0.1, 0.15) is 0 Å². The standard InChI is InChI=1S/Li.2O3Si.Y/c;2*1-4(2)3;/q+1;2*-2;+3. The molecule has 0 N–H and O–H groups in total. The summed E-state index contributed by atoms with van der Waals surface area (Å²) >= 11 is 0. The molecule has 0 saturated carbocycles. The van der Waals surface area contributed by atoms with E-state index < -0.39 is 18.3 Å². The SMILES string of the molecule is O=[Si]([O-])[O-].O=[Si]([O-])[O-].[Li+].[Y+3]. The molecule has 0 aromatic carbocycles. The minimum atomic E-state index is -3.63. The summed E-state index contributed by atoms with van der Waals surface area (Å²) < 4.78 is 17.0. The van der Waals surface area contributed by atoms with Gasteiger partial charge in [-0.2, -0.15) is 0 Å². The first-order valence-corrected chi connectivity index (χ1v) is 3.67. The van der Waals surface area contributed by atoms with Gasteiger partial charge in [0.05, 0.1) is 0 Å². The van der Waals surface area contributed by atoms with Crippen molar-refractivity contribution in [2.45, 2.75) is 0 Å². The van der Waals surface area contributed by atoms with Gasteiger partial charge < -0.3 is 28.1 Å². The van der Waals surface area contributed by atoms with Crippen LogP contribution < -0.4 is 38.0 Å². The summed E-state index contributed by atoms with van der Waals surface area (Å²) in [5.74, 6) is 0. The van der Waals surface area contributed by atoms with Crippen LogP contribution >= 0.6 is 0 Å². The fourth-order valence-electron chi connectivity index (χ4n) is 0. The first-order chi connectivity index (χ1) is 3.46. The molecule has 0 aromatic heterocycles. The van der Waals surface area contributed by atoms with Crippen LogP contribution in [0.5, 0.6) is 0 Å². The van der Waals surface area contributed by atoms with Gasteiger partial charge in [0.1, 0.15) is 0 Å². The van der Waals surface area contributed by atoms with Gasteiger partial charge in [-0.15, -0.1) is 0 Å². The Labute approximate surface area is 97.1 Å². The number of hydrogen-bond donors (Lipinski definition) is 0. The molecule has 10 heteroatoms. The molecule has 0 aliphatic heterocycles. The van der Waals surface area contributed by atoms with Crippen molar-refractivity contribution in [2.24, 2.45) is 0 Å². The van der Waals surface area contributed by atoms with Crippen molar-refractivity contribution >= 4 is 18.3 Å². The van der Waals surface area contributed by atoms with Gasteiger partial charge in [0, 0.05) is 18.3 Å². The van der Waals surface area contributed by atoms with E-state index in [1.807, 2.05) is 0 Å². The molecular formula is LiO6Si2Y. The van der Waals surface area contributed by atoms with Crippen molar-refractivity contribution in [2.75, 3.05) is 0 Å². The maximum atomic E-state index is 8.52. The van der Waals surface area contributed by atoms with E-state index >= 15 is 0 Å². The van der Waals surface area contributed by atoms with Gasteiger partial charge in [0.25, 0.3) is 0 Å². The van der Waals surface area contributed by atoms with Gasteiger partial charge in [0.15, 0.2) is 0 Å². The van der Waals surface area contributed by atoms with Gasteiger partial charge in [-0.3, -0.25) is 0 Å². The Morgan fingerprint density at radius 1 is 0.800 bits per heavy atom. The molecule has 10 heavy (non-hydrogen) atoms. The molecular weight excluding hydrogens is 248 g/mol. The van der Waals surface area contributed by atoms with E-state index in [1.165, 1.54) is 0 Å². The van der Waals surface area contributed by atoms with Gasteiger partial charge in [0.2, 0.25) is 0 Å². The van der Waals surface area contributed by atoms with Crippen molar-refractivity contribution < 1.29 is 79.7 Å². The number of rotatable bonds is 0. The minimum Gasteiger partial charge on any atom is -0.672 e. The Balaban J connectivity index is -0.0000000300. The second kappa shape index (κ2) is 16.5. The van der Waals surface area contributed by atoms with Crippen molar-refractivity contribution in [3.8, 4) is 0 Å². The third-order valence-corrected chi connectivity index (χ3v) is 0. The van der Waals surface area contributed by atoms with E-state index in [4.69, 9.17) is 28.1 Å². The van der Waals surface area contributed by atoms with Crippen LogP contribution in [0, 0.1) is 0 Å². The topological polar surface area (TPSA) is 126 Å². The summed E-state index contributed by atoms with van der Waals surface area (Å²) in [6, 6.07) is 0. The van der Waals surface area contributed by atoms with Crippen molar-refractivity contribution in [3.63, 3.8) is 0 Å². The summed E-state index contributed by atoms with van der Waals surface area (Å²) in [5, 5.41) is 0. The zero-order valence-corrected chi connectivity index (χ0v) is 9.87. The largest absolute Gasteiger partial charge is 3.00 e. The van der Waals surface area contributed by atoms with E-state index in [0.29, 0.717) is 0 Å². The summed E-state index contributed by atoms with van der Waals surface area (Å²) in [6.07, 6.45) is 0. The Kier molecular flexibility index (Phi) is 37.0. The van der Waals surface area contributed by atoms with E-state index in [1.54, 1.807) is 0 Å². The average molecular weight is 248 g/mol. The van der Waals surface area contributed by atoms with Crippen LogP contribution in [0.15, 0.2) is 0 Å². The average Bonchev–Trinajstić information content (AvgIpc) is 1.25. The van der Waals surface area contributed by atoms with Crippen LogP contribution in [0.2, 0.25) is 0 Å². The predicted molar refractivity (Wildman–Crippen MR) is 12.9 cm³/mol. The zero-order valence-electron chi connectivity index (χ0n) is 5.03. The van der Waals surface area contributed by atoms with Crippen LogP contribution in [-0.4, -0.2) is 18.3 Å². The molecule has 48 valence electrons. The van der Waals surface area contributed by atoms with Gasteiger partial charge in [-0.1, -0.05) is 0 Å². The summed E-state index contributed by atoms with van der Waals surface area (Å²) in [4.78, 5) is 34.1. The molecule has 0 atom stereocenters. The fraction of sp³-hybridized carbons (Fsp3) is 0. The van der Waals surface area contributed by atoms with Crippen LogP contribution in [0.3, 0.4) is 0 Å². The Hall–Kier alpha value is 0.935. The number of hydrogen-bond acceptors (Lipinski definition) is 6. The molecule has 0 fully saturated rings. The molecule has 0 aromatic rings. The third-order valence-electron chi connectivity index (χ3n) is 0. The first-order valence-electron chi connectivity index (χ1n) is 1.22. The molecule has 0 heterocycles. The second-order valence-electron chi connectivity index (χ2n) is 0.500. The van der Waals surface area contributed by atoms with E-state index in [-0.39, 0.29) is 51.6 Å². The van der Waals surface area contributed by atoms with Gasteiger partial charge in [-0.05, 0) is 0 Å². The van der Waals surface area contributed by atoms with Crippen LogP contribution in [-0.2, 0) is 41.6 Å². The van der Waals surface area contributed by atoms with E-state index in [0.717, 1.165) is 0 Å². The van der Waals surface area contributed by atoms with Crippen LogP contribution in [0.4, 0.5) is 0 Å². The normalized spacial score (nSPS) is 4.80. The van der Waals surface area contributed by atoms with Crippen molar-refractivity contribution in [1.82, 2.24) is 0 Å². The maximum absolute atomic E-state index is 8.52. The molecule has 0 radical (unpaired) electrons. The summed E-state index contributed by atoms with van der Waals surface area (Å²) in [7, 11) is -7.26. The molecule has 0 bridgehead atoms. The smallest absolute Gasteiger partial charge is 0.672 e. The predicted octanol–water partition coefficient (Wildman–Crippen LogP) is -8.75. The minimum absolute atomic E-state index is 0. The fourth-order valence-corrected chi connectivity index (χ4v) is 0. The first kappa shape index (κ1) is 22.4. The van der Waals surface area contributed by atoms with Gasteiger partial charge >= 0.3 is 51.6 Å². The second-order valence-corrected chi connectivity index (χ2v) is 1.50. The molecule has 0 rings (SSSR count). The maximum Gasteiger partial charge on any atom is 3.00 e. The molecule has 6 nitrogen and oxygen atoms in total.